The summed E-state index contributed by atoms with van der Waals surface area (Å²) in [6.07, 6.45) is -1.21. The van der Waals surface area contributed by atoms with Gasteiger partial charge in [-0.2, -0.15) is 22.8 Å². The van der Waals surface area contributed by atoms with Crippen LogP contribution in [0.3, 0.4) is 0 Å². The molecule has 0 saturated carbocycles. The molecule has 0 saturated heterocycles. The van der Waals surface area contributed by atoms with Crippen molar-refractivity contribution >= 4 is 28.9 Å². The van der Waals surface area contributed by atoms with E-state index in [0.29, 0.717) is 27.6 Å². The molecular formula is C17H10ClF3N6. The molecule has 10 heteroatoms. The SMILES string of the molecule is FC(F)(F)c1ccc(Nc2nnc3cc(-c4ncccc4Cl)cnn23)cc1. The number of pyridine rings is 1. The van der Waals surface area contributed by atoms with Gasteiger partial charge in [0.15, 0.2) is 5.65 Å². The van der Waals surface area contributed by atoms with Crippen LogP contribution in [0.15, 0.2) is 54.9 Å². The molecule has 6 nitrogen and oxygen atoms in total. The summed E-state index contributed by atoms with van der Waals surface area (Å²) in [5.74, 6) is 0.267. The normalized spacial score (nSPS) is 11.7. The van der Waals surface area contributed by atoms with Crippen molar-refractivity contribution in [3.8, 4) is 11.3 Å². The molecule has 0 aliphatic heterocycles. The zero-order valence-electron chi connectivity index (χ0n) is 13.4. The Kier molecular flexibility index (Phi) is 4.15. The third kappa shape index (κ3) is 3.41. The van der Waals surface area contributed by atoms with Crippen molar-refractivity contribution in [1.82, 2.24) is 24.8 Å². The fourth-order valence-corrected chi connectivity index (χ4v) is 2.70. The summed E-state index contributed by atoms with van der Waals surface area (Å²) < 4.78 is 39.3. The van der Waals surface area contributed by atoms with Crippen molar-refractivity contribution in [3.05, 3.63) is 65.4 Å². The molecular weight excluding hydrogens is 381 g/mol. The first-order valence-corrected chi connectivity index (χ1v) is 8.06. The van der Waals surface area contributed by atoms with Gasteiger partial charge in [-0.3, -0.25) is 4.98 Å². The fraction of sp³-hybridized carbons (Fsp3) is 0.0588. The van der Waals surface area contributed by atoms with Crippen LogP contribution in [0.5, 0.6) is 0 Å². The zero-order chi connectivity index (χ0) is 19.0. The molecule has 3 heterocycles. The molecule has 0 aliphatic carbocycles. The summed E-state index contributed by atoms with van der Waals surface area (Å²) in [5, 5.41) is 15.6. The van der Waals surface area contributed by atoms with Crippen molar-refractivity contribution in [1.29, 1.82) is 0 Å². The van der Waals surface area contributed by atoms with Crippen LogP contribution in [-0.4, -0.2) is 24.8 Å². The predicted molar refractivity (Wildman–Crippen MR) is 93.7 cm³/mol. The van der Waals surface area contributed by atoms with Crippen LogP contribution >= 0.6 is 11.6 Å². The summed E-state index contributed by atoms with van der Waals surface area (Å²) >= 11 is 6.14. The van der Waals surface area contributed by atoms with E-state index in [1.165, 1.54) is 16.6 Å². The summed E-state index contributed by atoms with van der Waals surface area (Å²) in [5.41, 5.74) is 1.37. The number of hydrogen-bond acceptors (Lipinski definition) is 5. The van der Waals surface area contributed by atoms with E-state index in [0.717, 1.165) is 12.1 Å². The Balaban J connectivity index is 1.63. The van der Waals surface area contributed by atoms with Crippen molar-refractivity contribution < 1.29 is 13.2 Å². The highest BCUT2D eigenvalue weighted by Gasteiger charge is 2.30. The van der Waals surface area contributed by atoms with Crippen LogP contribution in [0.4, 0.5) is 24.8 Å². The molecule has 0 atom stereocenters. The number of alkyl halides is 3. The lowest BCUT2D eigenvalue weighted by molar-refractivity contribution is -0.137. The smallest absolute Gasteiger partial charge is 0.323 e. The average Bonchev–Trinajstić information content (AvgIpc) is 3.04. The standard InChI is InChI=1S/C17H10ClF3N6/c18-13-2-1-7-22-15(13)10-8-14-25-26-16(27(14)23-9-10)24-12-5-3-11(4-6-12)17(19,20)21/h1-9H,(H,24,26). The molecule has 0 aliphatic rings. The van der Waals surface area contributed by atoms with Crippen molar-refractivity contribution in [2.45, 2.75) is 6.18 Å². The van der Waals surface area contributed by atoms with E-state index in [2.05, 4.69) is 25.6 Å². The first-order valence-electron chi connectivity index (χ1n) is 7.68. The molecule has 0 fully saturated rings. The van der Waals surface area contributed by atoms with Crippen molar-refractivity contribution in [2.75, 3.05) is 5.32 Å². The molecule has 1 N–H and O–H groups in total. The van der Waals surface area contributed by atoms with Crippen LogP contribution in [0.25, 0.3) is 16.9 Å². The minimum absolute atomic E-state index is 0.267. The predicted octanol–water partition coefficient (Wildman–Crippen LogP) is 4.60. The molecule has 4 aromatic rings. The van der Waals surface area contributed by atoms with Gasteiger partial charge in [-0.15, -0.1) is 10.2 Å². The molecule has 0 unspecified atom stereocenters. The summed E-state index contributed by atoms with van der Waals surface area (Å²) in [7, 11) is 0. The second kappa shape index (κ2) is 6.51. The Bertz CT molecular complexity index is 1110. The van der Waals surface area contributed by atoms with Gasteiger partial charge < -0.3 is 5.32 Å². The molecule has 27 heavy (non-hydrogen) atoms. The lowest BCUT2D eigenvalue weighted by Gasteiger charge is -2.08. The fourth-order valence-electron chi connectivity index (χ4n) is 2.47. The van der Waals surface area contributed by atoms with E-state index in [1.54, 1.807) is 30.6 Å². The maximum Gasteiger partial charge on any atom is 0.416 e. The second-order valence-electron chi connectivity index (χ2n) is 5.57. The lowest BCUT2D eigenvalue weighted by atomic mass is 10.2. The number of nitrogens with zero attached hydrogens (tertiary/aromatic N) is 5. The van der Waals surface area contributed by atoms with Crippen LogP contribution in [0.1, 0.15) is 5.56 Å². The van der Waals surface area contributed by atoms with Gasteiger partial charge in [0.2, 0.25) is 5.95 Å². The highest BCUT2D eigenvalue weighted by Crippen LogP contribution is 2.30. The molecule has 1 aromatic carbocycles. The van der Waals surface area contributed by atoms with Gasteiger partial charge in [0.05, 0.1) is 22.5 Å². The molecule has 3 aromatic heterocycles. The van der Waals surface area contributed by atoms with Crippen LogP contribution < -0.4 is 5.32 Å². The number of benzene rings is 1. The molecule has 136 valence electrons. The van der Waals surface area contributed by atoms with Gasteiger partial charge in [0.1, 0.15) is 0 Å². The first-order chi connectivity index (χ1) is 12.9. The van der Waals surface area contributed by atoms with Crippen LogP contribution in [0, 0.1) is 0 Å². The van der Waals surface area contributed by atoms with Gasteiger partial charge in [-0.25, -0.2) is 0 Å². The number of nitrogens with one attached hydrogen (secondary N) is 1. The third-order valence-electron chi connectivity index (χ3n) is 3.76. The minimum Gasteiger partial charge on any atom is -0.323 e. The van der Waals surface area contributed by atoms with Gasteiger partial charge in [0, 0.05) is 17.4 Å². The Labute approximate surface area is 155 Å². The van der Waals surface area contributed by atoms with E-state index in [-0.39, 0.29) is 5.95 Å². The zero-order valence-corrected chi connectivity index (χ0v) is 14.2. The highest BCUT2D eigenvalue weighted by atomic mass is 35.5. The Hall–Kier alpha value is -3.20. The topological polar surface area (TPSA) is 68.0 Å². The summed E-state index contributed by atoms with van der Waals surface area (Å²) in [6.45, 7) is 0. The van der Waals surface area contributed by atoms with E-state index in [9.17, 15) is 13.2 Å². The Morgan fingerprint density at radius 2 is 1.81 bits per heavy atom. The number of halogens is 4. The monoisotopic (exact) mass is 390 g/mol. The Morgan fingerprint density at radius 1 is 1.04 bits per heavy atom. The minimum atomic E-state index is -4.38. The van der Waals surface area contributed by atoms with Crippen molar-refractivity contribution in [3.63, 3.8) is 0 Å². The maximum absolute atomic E-state index is 12.6. The van der Waals surface area contributed by atoms with Crippen LogP contribution in [0.2, 0.25) is 5.02 Å². The number of rotatable bonds is 3. The maximum atomic E-state index is 12.6. The second-order valence-corrected chi connectivity index (χ2v) is 5.98. The van der Waals surface area contributed by atoms with Crippen LogP contribution in [-0.2, 0) is 6.18 Å². The van der Waals surface area contributed by atoms with Gasteiger partial charge >= 0.3 is 6.18 Å². The molecule has 0 radical (unpaired) electrons. The quantitative estimate of drug-likeness (QED) is 0.553. The Morgan fingerprint density at radius 3 is 2.52 bits per heavy atom. The summed E-state index contributed by atoms with van der Waals surface area (Å²) in [6, 6.07) is 9.75. The number of aromatic nitrogens is 5. The molecule has 4 rings (SSSR count). The summed E-state index contributed by atoms with van der Waals surface area (Å²) in [4.78, 5) is 4.22. The van der Waals surface area contributed by atoms with Gasteiger partial charge in [-0.1, -0.05) is 11.6 Å². The van der Waals surface area contributed by atoms with Crippen molar-refractivity contribution in [2.24, 2.45) is 0 Å². The number of anilines is 2. The van der Waals surface area contributed by atoms with Gasteiger partial charge in [0.25, 0.3) is 0 Å². The average molecular weight is 391 g/mol. The number of fused-ring (bicyclic) bond motifs is 1. The first kappa shape index (κ1) is 17.2. The number of hydrogen-bond donors (Lipinski definition) is 1. The highest BCUT2D eigenvalue weighted by molar-refractivity contribution is 6.33. The van der Waals surface area contributed by atoms with E-state index < -0.39 is 11.7 Å². The lowest BCUT2D eigenvalue weighted by Crippen LogP contribution is -2.05. The van der Waals surface area contributed by atoms with E-state index in [1.807, 2.05) is 0 Å². The largest absolute Gasteiger partial charge is 0.416 e. The van der Waals surface area contributed by atoms with Gasteiger partial charge in [-0.05, 0) is 42.5 Å². The molecule has 0 spiro atoms. The van der Waals surface area contributed by atoms with E-state index >= 15 is 0 Å². The molecule has 0 amide bonds. The van der Waals surface area contributed by atoms with E-state index in [4.69, 9.17) is 11.6 Å². The molecule has 0 bridgehead atoms. The third-order valence-corrected chi connectivity index (χ3v) is 4.07.